The maximum absolute atomic E-state index is 13.2. The number of nitrogens with two attached hydrogens (primary N) is 1. The molecule has 4 bridgehead atoms. The van der Waals surface area contributed by atoms with Gasteiger partial charge < -0.3 is 26.4 Å². The Morgan fingerprint density at radius 1 is 0.953 bits per heavy atom. The third-order valence-corrected chi connectivity index (χ3v) is 8.78. The van der Waals surface area contributed by atoms with Crippen LogP contribution in [0.2, 0.25) is 0 Å². The highest BCUT2D eigenvalue weighted by Crippen LogP contribution is 2.62. The Labute approximate surface area is 247 Å². The minimum absolute atomic E-state index is 0.0314. The molecule has 0 saturated heterocycles. The number of rotatable bonds is 9. The van der Waals surface area contributed by atoms with Crippen molar-refractivity contribution in [2.24, 2.45) is 23.5 Å². The summed E-state index contributed by atoms with van der Waals surface area (Å²) in [4.78, 5) is 33.1. The van der Waals surface area contributed by atoms with Crippen molar-refractivity contribution in [2.45, 2.75) is 63.0 Å². The number of unbranched alkanes of at least 4 members (excludes halogenated alkanes) is 1. The molecule has 4 saturated carbocycles. The van der Waals surface area contributed by atoms with E-state index in [0.29, 0.717) is 30.0 Å². The first-order valence-electron chi connectivity index (χ1n) is 14.5. The average molecular weight is 603 g/mol. The quantitative estimate of drug-likeness (QED) is 0.182. The Hall–Kier alpha value is -3.86. The van der Waals surface area contributed by atoms with E-state index in [9.17, 15) is 27.9 Å². The van der Waals surface area contributed by atoms with Crippen molar-refractivity contribution in [2.75, 3.05) is 13.1 Å². The first kappa shape index (κ1) is 32.1. The smallest absolute Gasteiger partial charge is 0.490 e. The average Bonchev–Trinajstić information content (AvgIpc) is 2.93. The molecule has 0 unspecified atom stereocenters. The summed E-state index contributed by atoms with van der Waals surface area (Å²) in [5, 5.41) is 30.1. The summed E-state index contributed by atoms with van der Waals surface area (Å²) in [5.74, 6) is -1.36. The van der Waals surface area contributed by atoms with Crippen LogP contribution in [0, 0.1) is 17.8 Å². The molecular weight excluding hydrogens is 565 g/mol. The molecule has 0 spiro atoms. The second-order valence-electron chi connectivity index (χ2n) is 12.0. The minimum Gasteiger partial charge on any atom is -0.508 e. The van der Waals surface area contributed by atoms with Gasteiger partial charge in [0.25, 0.3) is 5.91 Å². The SMILES string of the molecule is NCCCCNC(=O)c1cc(C=CC(=O)O)ccc1-c1ccc(O)c(C23CC4CC(CC(C4)C2)C3)c1.O=C(O)C(F)(F)F. The van der Waals surface area contributed by atoms with Gasteiger partial charge in [-0.1, -0.05) is 18.2 Å². The van der Waals surface area contributed by atoms with E-state index in [2.05, 4.69) is 11.4 Å². The topological polar surface area (TPSA) is 150 Å². The maximum Gasteiger partial charge on any atom is 0.490 e. The van der Waals surface area contributed by atoms with Crippen molar-refractivity contribution >= 4 is 23.9 Å². The van der Waals surface area contributed by atoms with Gasteiger partial charge in [-0.25, -0.2) is 9.59 Å². The number of alkyl halides is 3. The molecule has 11 heteroatoms. The first-order chi connectivity index (χ1) is 20.3. The number of benzene rings is 2. The summed E-state index contributed by atoms with van der Waals surface area (Å²) in [7, 11) is 0. The molecule has 232 valence electrons. The van der Waals surface area contributed by atoms with Crippen molar-refractivity contribution in [3.05, 3.63) is 59.2 Å². The Morgan fingerprint density at radius 3 is 2.09 bits per heavy atom. The van der Waals surface area contributed by atoms with Crippen LogP contribution in [0.3, 0.4) is 0 Å². The lowest BCUT2D eigenvalue weighted by molar-refractivity contribution is -0.192. The van der Waals surface area contributed by atoms with Crippen LogP contribution < -0.4 is 11.1 Å². The highest BCUT2D eigenvalue weighted by atomic mass is 19.4. The third kappa shape index (κ3) is 7.76. The highest BCUT2D eigenvalue weighted by molar-refractivity contribution is 6.01. The molecule has 8 nitrogen and oxygen atoms in total. The maximum atomic E-state index is 13.2. The van der Waals surface area contributed by atoms with Gasteiger partial charge in [-0.05, 0) is 122 Å². The van der Waals surface area contributed by atoms with Crippen molar-refractivity contribution in [3.63, 3.8) is 0 Å². The van der Waals surface area contributed by atoms with Gasteiger partial charge in [0.2, 0.25) is 0 Å². The normalized spacial score (nSPS) is 24.0. The number of carboxylic acid groups (broad SMARTS) is 2. The molecule has 4 aliphatic carbocycles. The van der Waals surface area contributed by atoms with Crippen molar-refractivity contribution in [1.82, 2.24) is 5.32 Å². The summed E-state index contributed by atoms with van der Waals surface area (Å²) < 4.78 is 31.7. The largest absolute Gasteiger partial charge is 0.508 e. The monoisotopic (exact) mass is 602 g/mol. The molecule has 6 rings (SSSR count). The van der Waals surface area contributed by atoms with Gasteiger partial charge in [0.1, 0.15) is 5.75 Å². The highest BCUT2D eigenvalue weighted by Gasteiger charge is 2.52. The van der Waals surface area contributed by atoms with Gasteiger partial charge in [-0.3, -0.25) is 4.79 Å². The third-order valence-electron chi connectivity index (χ3n) is 8.78. The van der Waals surface area contributed by atoms with Crippen LogP contribution in [0.1, 0.15) is 72.9 Å². The number of carbonyl (C=O) groups is 3. The van der Waals surface area contributed by atoms with Crippen LogP contribution in [0.4, 0.5) is 13.2 Å². The van der Waals surface area contributed by atoms with Gasteiger partial charge in [0.05, 0.1) is 0 Å². The molecule has 0 radical (unpaired) electrons. The molecule has 43 heavy (non-hydrogen) atoms. The summed E-state index contributed by atoms with van der Waals surface area (Å²) in [5.41, 5.74) is 9.47. The van der Waals surface area contributed by atoms with Gasteiger partial charge in [-0.15, -0.1) is 0 Å². The fraction of sp³-hybridized carbons (Fsp3) is 0.469. The van der Waals surface area contributed by atoms with Crippen molar-refractivity contribution < 1.29 is 42.9 Å². The fourth-order valence-electron chi connectivity index (χ4n) is 7.41. The summed E-state index contributed by atoms with van der Waals surface area (Å²) in [6, 6.07) is 11.2. The van der Waals surface area contributed by atoms with E-state index < -0.39 is 18.1 Å². The number of halogens is 3. The Bertz CT molecular complexity index is 1350. The molecule has 4 fully saturated rings. The van der Waals surface area contributed by atoms with Gasteiger partial charge >= 0.3 is 18.1 Å². The van der Waals surface area contributed by atoms with E-state index in [1.165, 1.54) is 25.3 Å². The van der Waals surface area contributed by atoms with E-state index >= 15 is 0 Å². The number of hydrogen-bond donors (Lipinski definition) is 5. The molecule has 0 heterocycles. The number of phenolic OH excluding ortho intramolecular Hbond substituents is 1. The standard InChI is InChI=1S/C30H36N2O4.C2HF3O2/c31-9-1-2-10-32-29(36)25-14-19(4-8-28(34)35)3-6-24(25)23-5-7-27(33)26(15-23)30-16-20-11-21(17-30)13-22(12-20)18-30;3-2(4,5)1(6)7/h3-8,14-15,20-22,33H,1-2,9-13,16-18,31H2,(H,32,36)(H,34,35);(H,6,7). The molecule has 0 atom stereocenters. The van der Waals surface area contributed by atoms with Crippen LogP contribution in [-0.4, -0.2) is 52.4 Å². The van der Waals surface area contributed by atoms with E-state index in [1.807, 2.05) is 18.2 Å². The predicted octanol–water partition coefficient (Wildman–Crippen LogP) is 5.73. The second kappa shape index (κ2) is 13.2. The van der Waals surface area contributed by atoms with E-state index in [-0.39, 0.29) is 11.3 Å². The van der Waals surface area contributed by atoms with Crippen LogP contribution in [-0.2, 0) is 15.0 Å². The van der Waals surface area contributed by atoms with Crippen LogP contribution in [0.25, 0.3) is 17.2 Å². The fourth-order valence-corrected chi connectivity index (χ4v) is 7.41. The lowest BCUT2D eigenvalue weighted by Crippen LogP contribution is -2.48. The number of amides is 1. The predicted molar refractivity (Wildman–Crippen MR) is 154 cm³/mol. The summed E-state index contributed by atoms with van der Waals surface area (Å²) in [6.45, 7) is 1.11. The number of carbonyl (C=O) groups excluding carboxylic acids is 1. The zero-order valence-electron chi connectivity index (χ0n) is 23.7. The Morgan fingerprint density at radius 2 is 1.56 bits per heavy atom. The molecule has 1 amide bonds. The first-order valence-corrected chi connectivity index (χ1v) is 14.5. The Kier molecular flexibility index (Phi) is 9.84. The lowest BCUT2D eigenvalue weighted by atomic mass is 9.48. The molecule has 6 N–H and O–H groups in total. The summed E-state index contributed by atoms with van der Waals surface area (Å²) in [6.07, 6.45) is 6.54. The van der Waals surface area contributed by atoms with Crippen molar-refractivity contribution in [3.8, 4) is 16.9 Å². The summed E-state index contributed by atoms with van der Waals surface area (Å²) >= 11 is 0. The zero-order chi connectivity index (χ0) is 31.4. The van der Waals surface area contributed by atoms with Crippen LogP contribution >= 0.6 is 0 Å². The van der Waals surface area contributed by atoms with E-state index in [0.717, 1.165) is 72.6 Å². The van der Waals surface area contributed by atoms with Crippen molar-refractivity contribution in [1.29, 1.82) is 0 Å². The molecule has 2 aromatic rings. The minimum atomic E-state index is -5.08. The van der Waals surface area contributed by atoms with E-state index in [4.69, 9.17) is 20.7 Å². The molecule has 2 aromatic carbocycles. The van der Waals surface area contributed by atoms with Gasteiger partial charge in [-0.2, -0.15) is 13.2 Å². The van der Waals surface area contributed by atoms with Crippen LogP contribution in [0.5, 0.6) is 5.75 Å². The lowest BCUT2D eigenvalue weighted by Gasteiger charge is -2.57. The zero-order valence-corrected chi connectivity index (χ0v) is 23.7. The number of phenols is 1. The number of hydrogen-bond acceptors (Lipinski definition) is 5. The number of carboxylic acids is 2. The Balaban J connectivity index is 0.000000541. The number of aromatic hydroxyl groups is 1. The van der Waals surface area contributed by atoms with E-state index in [1.54, 1.807) is 12.1 Å². The van der Waals surface area contributed by atoms with Gasteiger partial charge in [0, 0.05) is 23.7 Å². The van der Waals surface area contributed by atoms with Crippen LogP contribution in [0.15, 0.2) is 42.5 Å². The molecule has 4 aliphatic rings. The van der Waals surface area contributed by atoms with Gasteiger partial charge in [0.15, 0.2) is 0 Å². The molecule has 0 aliphatic heterocycles. The number of nitrogens with one attached hydrogen (secondary N) is 1. The molecular formula is C32H37F3N2O6. The number of aliphatic carboxylic acids is 2. The second-order valence-corrected chi connectivity index (χ2v) is 12.0. The molecule has 0 aromatic heterocycles.